The van der Waals surface area contributed by atoms with Gasteiger partial charge in [0, 0.05) is 7.05 Å². The lowest BCUT2D eigenvalue weighted by Crippen LogP contribution is -2.32. The van der Waals surface area contributed by atoms with Gasteiger partial charge in [0.25, 0.3) is 0 Å². The van der Waals surface area contributed by atoms with E-state index in [4.69, 9.17) is 17.3 Å². The Morgan fingerprint density at radius 2 is 2.15 bits per heavy atom. The van der Waals surface area contributed by atoms with Gasteiger partial charge in [-0.3, -0.25) is 4.79 Å². The average Bonchev–Trinajstić information content (AvgIpc) is 2.16. The zero-order valence-electron chi connectivity index (χ0n) is 7.33. The molecule has 1 aromatic carbocycles. The maximum Gasteiger partial charge on any atom is 0.240 e. The van der Waals surface area contributed by atoms with E-state index in [1.54, 1.807) is 19.2 Å². The lowest BCUT2D eigenvalue weighted by atomic mass is 10.3. The number of likely N-dealkylation sites (N-methyl/N-ethyl adjacent to an activating group) is 1. The molecule has 0 radical (unpaired) electrons. The van der Waals surface area contributed by atoms with Crippen molar-refractivity contribution < 1.29 is 4.79 Å². The highest BCUT2D eigenvalue weighted by atomic mass is 35.5. The van der Waals surface area contributed by atoms with Crippen molar-refractivity contribution in [3.63, 3.8) is 0 Å². The lowest BCUT2D eigenvalue weighted by Gasteiger charge is -2.17. The molecule has 1 amide bonds. The number of benzene rings is 1. The minimum Gasteiger partial charge on any atom is -0.322 e. The number of anilines is 1. The first-order valence-corrected chi connectivity index (χ1v) is 4.25. The third kappa shape index (κ3) is 2.20. The molecular weight excluding hydrogens is 188 g/mol. The van der Waals surface area contributed by atoms with Crippen LogP contribution in [0.5, 0.6) is 0 Å². The van der Waals surface area contributed by atoms with Gasteiger partial charge in [0.05, 0.1) is 17.3 Å². The van der Waals surface area contributed by atoms with Gasteiger partial charge in [-0.05, 0) is 12.1 Å². The molecule has 4 heteroatoms. The number of amides is 1. The molecule has 0 saturated heterocycles. The second-order valence-electron chi connectivity index (χ2n) is 2.61. The Morgan fingerprint density at radius 1 is 1.54 bits per heavy atom. The average molecular weight is 199 g/mol. The predicted molar refractivity (Wildman–Crippen MR) is 53.9 cm³/mol. The minimum absolute atomic E-state index is 0.0122. The summed E-state index contributed by atoms with van der Waals surface area (Å²) in [6, 6.07) is 7.14. The van der Waals surface area contributed by atoms with E-state index in [9.17, 15) is 4.79 Å². The molecule has 1 rings (SSSR count). The highest BCUT2D eigenvalue weighted by Gasteiger charge is 2.10. The third-order valence-corrected chi connectivity index (χ3v) is 2.08. The first-order valence-electron chi connectivity index (χ1n) is 3.88. The highest BCUT2D eigenvalue weighted by Crippen LogP contribution is 2.23. The van der Waals surface area contributed by atoms with Gasteiger partial charge in [0.15, 0.2) is 0 Å². The SMILES string of the molecule is CN(C(=O)CN)c1ccccc1Cl. The van der Waals surface area contributed by atoms with Crippen molar-refractivity contribution in [1.29, 1.82) is 0 Å². The van der Waals surface area contributed by atoms with Gasteiger partial charge in [0.2, 0.25) is 5.91 Å². The van der Waals surface area contributed by atoms with Crippen molar-refractivity contribution >= 4 is 23.2 Å². The van der Waals surface area contributed by atoms with Crippen molar-refractivity contribution in [3.05, 3.63) is 29.3 Å². The molecule has 0 spiro atoms. The summed E-state index contributed by atoms with van der Waals surface area (Å²) in [4.78, 5) is 12.7. The molecule has 13 heavy (non-hydrogen) atoms. The summed E-state index contributed by atoms with van der Waals surface area (Å²) in [5.41, 5.74) is 5.91. The summed E-state index contributed by atoms with van der Waals surface area (Å²) in [5.74, 6) is -0.159. The van der Waals surface area contributed by atoms with Gasteiger partial charge >= 0.3 is 0 Å². The van der Waals surface area contributed by atoms with Gasteiger partial charge in [-0.15, -0.1) is 0 Å². The van der Waals surface area contributed by atoms with Crippen LogP contribution in [0.4, 0.5) is 5.69 Å². The Labute approximate surface area is 82.1 Å². The number of para-hydroxylation sites is 1. The Morgan fingerprint density at radius 3 is 2.69 bits per heavy atom. The molecule has 70 valence electrons. The van der Waals surface area contributed by atoms with E-state index in [0.717, 1.165) is 0 Å². The van der Waals surface area contributed by atoms with Crippen LogP contribution in [0.3, 0.4) is 0 Å². The highest BCUT2D eigenvalue weighted by molar-refractivity contribution is 6.33. The molecule has 0 aliphatic rings. The zero-order chi connectivity index (χ0) is 9.84. The first-order chi connectivity index (χ1) is 6.16. The van der Waals surface area contributed by atoms with Crippen LogP contribution in [0.15, 0.2) is 24.3 Å². The second-order valence-corrected chi connectivity index (χ2v) is 3.02. The number of rotatable bonds is 2. The van der Waals surface area contributed by atoms with Crippen LogP contribution >= 0.6 is 11.6 Å². The van der Waals surface area contributed by atoms with E-state index >= 15 is 0 Å². The van der Waals surface area contributed by atoms with Gasteiger partial charge in [-0.25, -0.2) is 0 Å². The number of carbonyl (C=O) groups is 1. The maximum atomic E-state index is 11.2. The molecule has 0 heterocycles. The second kappa shape index (κ2) is 4.25. The molecule has 0 bridgehead atoms. The lowest BCUT2D eigenvalue weighted by molar-refractivity contribution is -0.117. The van der Waals surface area contributed by atoms with E-state index in [1.165, 1.54) is 4.90 Å². The monoisotopic (exact) mass is 198 g/mol. The minimum atomic E-state index is -0.159. The van der Waals surface area contributed by atoms with Gasteiger partial charge in [-0.2, -0.15) is 0 Å². The maximum absolute atomic E-state index is 11.2. The van der Waals surface area contributed by atoms with Crippen LogP contribution in [0.25, 0.3) is 0 Å². The summed E-state index contributed by atoms with van der Waals surface area (Å²) >= 11 is 5.89. The quantitative estimate of drug-likeness (QED) is 0.778. The molecule has 0 saturated carbocycles. The number of nitrogens with two attached hydrogens (primary N) is 1. The largest absolute Gasteiger partial charge is 0.322 e. The van der Waals surface area contributed by atoms with Crippen molar-refractivity contribution in [2.45, 2.75) is 0 Å². The van der Waals surface area contributed by atoms with Crippen LogP contribution in [0.1, 0.15) is 0 Å². The van der Waals surface area contributed by atoms with Gasteiger partial charge < -0.3 is 10.6 Å². The van der Waals surface area contributed by atoms with Crippen molar-refractivity contribution in [3.8, 4) is 0 Å². The summed E-state index contributed by atoms with van der Waals surface area (Å²) in [6.45, 7) is -0.0122. The van der Waals surface area contributed by atoms with Crippen molar-refractivity contribution in [2.75, 3.05) is 18.5 Å². The van der Waals surface area contributed by atoms with Crippen LogP contribution in [-0.2, 0) is 4.79 Å². The molecule has 3 nitrogen and oxygen atoms in total. The first kappa shape index (κ1) is 10.0. The fourth-order valence-electron chi connectivity index (χ4n) is 0.995. The van der Waals surface area contributed by atoms with E-state index < -0.39 is 0 Å². The molecule has 0 fully saturated rings. The van der Waals surface area contributed by atoms with E-state index in [1.807, 2.05) is 12.1 Å². The molecule has 0 aromatic heterocycles. The summed E-state index contributed by atoms with van der Waals surface area (Å²) in [6.07, 6.45) is 0. The molecular formula is C9H11ClN2O. The van der Waals surface area contributed by atoms with Crippen LogP contribution in [-0.4, -0.2) is 19.5 Å². The molecule has 0 aliphatic heterocycles. The molecule has 2 N–H and O–H groups in total. The summed E-state index contributed by atoms with van der Waals surface area (Å²) in [5, 5.41) is 0.548. The van der Waals surface area contributed by atoms with Crippen LogP contribution < -0.4 is 10.6 Å². The fraction of sp³-hybridized carbons (Fsp3) is 0.222. The summed E-state index contributed by atoms with van der Waals surface area (Å²) < 4.78 is 0. The predicted octanol–water partition coefficient (Wildman–Crippen LogP) is 1.26. The number of nitrogens with zero attached hydrogens (tertiary/aromatic N) is 1. The normalized spacial score (nSPS) is 9.77. The Hall–Kier alpha value is -1.06. The van der Waals surface area contributed by atoms with Crippen LogP contribution in [0.2, 0.25) is 5.02 Å². The smallest absolute Gasteiger partial charge is 0.240 e. The van der Waals surface area contributed by atoms with Crippen molar-refractivity contribution in [2.24, 2.45) is 5.73 Å². The number of carbonyl (C=O) groups excluding carboxylic acids is 1. The van der Waals surface area contributed by atoms with E-state index in [-0.39, 0.29) is 12.5 Å². The Bertz CT molecular complexity index is 314. The Kier molecular flexibility index (Phi) is 3.28. The number of hydrogen-bond acceptors (Lipinski definition) is 2. The standard InChI is InChI=1S/C9H11ClN2O/c1-12(9(13)6-11)8-5-3-2-4-7(8)10/h2-5H,6,11H2,1H3. The molecule has 0 atom stereocenters. The Balaban J connectivity index is 2.95. The zero-order valence-corrected chi connectivity index (χ0v) is 8.08. The third-order valence-electron chi connectivity index (χ3n) is 1.76. The molecule has 1 aromatic rings. The topological polar surface area (TPSA) is 46.3 Å². The fourth-order valence-corrected chi connectivity index (χ4v) is 1.26. The van der Waals surface area contributed by atoms with E-state index in [0.29, 0.717) is 10.7 Å². The molecule has 0 aliphatic carbocycles. The van der Waals surface area contributed by atoms with Crippen LogP contribution in [0, 0.1) is 0 Å². The van der Waals surface area contributed by atoms with E-state index in [2.05, 4.69) is 0 Å². The van der Waals surface area contributed by atoms with Gasteiger partial charge in [0.1, 0.15) is 0 Å². The number of halogens is 1. The number of hydrogen-bond donors (Lipinski definition) is 1. The van der Waals surface area contributed by atoms with Gasteiger partial charge in [-0.1, -0.05) is 23.7 Å². The summed E-state index contributed by atoms with van der Waals surface area (Å²) in [7, 11) is 1.65. The molecule has 0 unspecified atom stereocenters. The van der Waals surface area contributed by atoms with Crippen molar-refractivity contribution in [1.82, 2.24) is 0 Å².